The van der Waals surface area contributed by atoms with Crippen molar-refractivity contribution < 1.29 is 0 Å². The molecule has 3 heterocycles. The van der Waals surface area contributed by atoms with Crippen molar-refractivity contribution in [2.24, 2.45) is 4.99 Å². The average Bonchev–Trinajstić information content (AvgIpc) is 2.97. The maximum absolute atomic E-state index is 4.61. The first kappa shape index (κ1) is 18.6. The maximum atomic E-state index is 4.61. The number of aromatic nitrogens is 2. The van der Waals surface area contributed by atoms with Crippen LogP contribution < -0.4 is 16.0 Å². The summed E-state index contributed by atoms with van der Waals surface area (Å²) in [6.07, 6.45) is 10.8. The van der Waals surface area contributed by atoms with E-state index in [1.807, 2.05) is 55.7 Å². The minimum absolute atomic E-state index is 0.783. The van der Waals surface area contributed by atoms with E-state index in [2.05, 4.69) is 43.1 Å². The van der Waals surface area contributed by atoms with Crippen LogP contribution in [-0.2, 0) is 6.42 Å². The van der Waals surface area contributed by atoms with Crippen LogP contribution >= 0.6 is 0 Å². The minimum Gasteiger partial charge on any atom is -0.373 e. The largest absolute Gasteiger partial charge is 0.373 e. The lowest BCUT2D eigenvalue weighted by atomic mass is 10.2. The Morgan fingerprint density at radius 1 is 0.889 bits per heavy atom. The number of aliphatic imine (C=N–C) groups is 1. The van der Waals surface area contributed by atoms with Crippen LogP contribution in [0.2, 0.25) is 0 Å². The smallest absolute Gasteiger partial charge is 0.128 e. The molecule has 0 radical (unpaired) electrons. The first-order chi connectivity index (χ1) is 13.3. The van der Waals surface area contributed by atoms with Crippen molar-refractivity contribution in [2.45, 2.75) is 19.3 Å². The molecule has 0 fully saturated rings. The van der Waals surface area contributed by atoms with Gasteiger partial charge in [0.25, 0.3) is 0 Å². The molecule has 6 nitrogen and oxygen atoms in total. The van der Waals surface area contributed by atoms with Crippen LogP contribution in [0.25, 0.3) is 0 Å². The zero-order chi connectivity index (χ0) is 18.7. The zero-order valence-electron chi connectivity index (χ0n) is 15.7. The van der Waals surface area contributed by atoms with Crippen LogP contribution in [0.1, 0.15) is 18.5 Å². The summed E-state index contributed by atoms with van der Waals surface area (Å²) in [6, 6.07) is 12.0. The predicted molar refractivity (Wildman–Crippen MR) is 114 cm³/mol. The van der Waals surface area contributed by atoms with E-state index in [-0.39, 0.29) is 0 Å². The molecule has 2 aromatic rings. The van der Waals surface area contributed by atoms with Crippen LogP contribution in [0, 0.1) is 0 Å². The topological polar surface area (TPSA) is 74.2 Å². The Kier molecular flexibility index (Phi) is 6.98. The van der Waals surface area contributed by atoms with Gasteiger partial charge < -0.3 is 16.0 Å². The highest BCUT2D eigenvalue weighted by atomic mass is 15.1. The van der Waals surface area contributed by atoms with Gasteiger partial charge in [-0.05, 0) is 36.8 Å². The Bertz CT molecular complexity index is 825. The van der Waals surface area contributed by atoms with Gasteiger partial charge in [0.15, 0.2) is 0 Å². The van der Waals surface area contributed by atoms with E-state index < -0.39 is 0 Å². The summed E-state index contributed by atoms with van der Waals surface area (Å²) in [5.74, 6) is 2.62. The highest BCUT2D eigenvalue weighted by Crippen LogP contribution is 2.12. The fourth-order valence-corrected chi connectivity index (χ4v) is 2.73. The molecule has 27 heavy (non-hydrogen) atoms. The molecule has 1 aliphatic heterocycles. The molecule has 0 unspecified atom stereocenters. The molecule has 0 amide bonds. The summed E-state index contributed by atoms with van der Waals surface area (Å²) in [4.78, 5) is 13.6. The summed E-state index contributed by atoms with van der Waals surface area (Å²) in [5.41, 5.74) is 2.16. The van der Waals surface area contributed by atoms with Gasteiger partial charge in [-0.3, -0.25) is 4.99 Å². The number of allylic oxidation sites excluding steroid dienone is 3. The molecule has 0 saturated heterocycles. The lowest BCUT2D eigenvalue weighted by Crippen LogP contribution is -2.09. The second-order valence-electron chi connectivity index (χ2n) is 6.16. The summed E-state index contributed by atoms with van der Waals surface area (Å²) in [5, 5.41) is 9.79. The normalized spacial score (nSPS) is 13.0. The summed E-state index contributed by atoms with van der Waals surface area (Å²) < 4.78 is 0. The van der Waals surface area contributed by atoms with E-state index in [4.69, 9.17) is 0 Å². The second-order valence-corrected chi connectivity index (χ2v) is 6.16. The van der Waals surface area contributed by atoms with E-state index in [9.17, 15) is 0 Å². The van der Waals surface area contributed by atoms with Crippen LogP contribution in [0.5, 0.6) is 0 Å². The fourth-order valence-electron chi connectivity index (χ4n) is 2.73. The number of pyridine rings is 2. The monoisotopic (exact) mass is 362 g/mol. The maximum Gasteiger partial charge on any atom is 0.128 e. The third-order valence-electron chi connectivity index (χ3n) is 4.14. The standard InChI is InChI=1S/C21H26N6/c1-22-19-9-5-8-18(26-19)13-16-25-21-11-6-10-20(27-21)24-15-12-17-7-3-2-4-14-23-17/h2,4-11,14H,3,12-13,15-16H2,1H3,(H,22,26)(H2,24,25,27). The minimum atomic E-state index is 0.783. The van der Waals surface area contributed by atoms with Crippen molar-refractivity contribution in [2.75, 3.05) is 36.1 Å². The molecule has 2 aromatic heterocycles. The number of anilines is 3. The summed E-state index contributed by atoms with van der Waals surface area (Å²) in [6.45, 7) is 1.59. The van der Waals surface area contributed by atoms with Crippen molar-refractivity contribution in [1.29, 1.82) is 0 Å². The van der Waals surface area contributed by atoms with E-state index in [1.165, 1.54) is 0 Å². The first-order valence-corrected chi connectivity index (χ1v) is 9.30. The van der Waals surface area contributed by atoms with Crippen molar-refractivity contribution in [3.63, 3.8) is 0 Å². The summed E-state index contributed by atoms with van der Waals surface area (Å²) in [7, 11) is 1.88. The van der Waals surface area contributed by atoms with Crippen LogP contribution in [-0.4, -0.2) is 36.3 Å². The SMILES string of the molecule is CNc1cccc(CCNc2cccc(NCCC3=CCC=CC=N3)n2)n1. The molecule has 1 aliphatic rings. The summed E-state index contributed by atoms with van der Waals surface area (Å²) >= 11 is 0. The molecular weight excluding hydrogens is 336 g/mol. The van der Waals surface area contributed by atoms with Crippen molar-refractivity contribution >= 4 is 23.7 Å². The highest BCUT2D eigenvalue weighted by molar-refractivity contribution is 5.72. The number of nitrogens with one attached hydrogen (secondary N) is 3. The molecule has 6 heteroatoms. The van der Waals surface area contributed by atoms with Gasteiger partial charge in [-0.1, -0.05) is 24.3 Å². The molecule has 3 rings (SSSR count). The molecule has 0 spiro atoms. The van der Waals surface area contributed by atoms with Crippen molar-refractivity contribution in [3.05, 3.63) is 66.0 Å². The van der Waals surface area contributed by atoms with Gasteiger partial charge >= 0.3 is 0 Å². The van der Waals surface area contributed by atoms with Crippen LogP contribution in [0.15, 0.2) is 65.3 Å². The average molecular weight is 362 g/mol. The van der Waals surface area contributed by atoms with Gasteiger partial charge in [0.05, 0.1) is 0 Å². The van der Waals surface area contributed by atoms with E-state index in [1.54, 1.807) is 0 Å². The third-order valence-corrected chi connectivity index (χ3v) is 4.14. The molecule has 0 aromatic carbocycles. The Morgan fingerprint density at radius 2 is 1.63 bits per heavy atom. The first-order valence-electron chi connectivity index (χ1n) is 9.30. The Balaban J connectivity index is 1.44. The van der Waals surface area contributed by atoms with E-state index in [0.29, 0.717) is 0 Å². The van der Waals surface area contributed by atoms with Gasteiger partial charge in [-0.2, -0.15) is 0 Å². The quantitative estimate of drug-likeness (QED) is 0.631. The number of nitrogens with zero attached hydrogens (tertiary/aromatic N) is 3. The molecule has 3 N–H and O–H groups in total. The number of hydrogen-bond acceptors (Lipinski definition) is 6. The molecule has 140 valence electrons. The third kappa shape index (κ3) is 6.26. The number of rotatable bonds is 9. The lowest BCUT2D eigenvalue weighted by molar-refractivity contribution is 0.948. The zero-order valence-corrected chi connectivity index (χ0v) is 15.7. The predicted octanol–water partition coefficient (Wildman–Crippen LogP) is 3.89. The molecule has 0 bridgehead atoms. The van der Waals surface area contributed by atoms with Gasteiger partial charge in [0.2, 0.25) is 0 Å². The number of hydrogen-bond donors (Lipinski definition) is 3. The molecule has 0 aliphatic carbocycles. The lowest BCUT2D eigenvalue weighted by Gasteiger charge is -2.10. The molecule has 0 saturated carbocycles. The van der Waals surface area contributed by atoms with Gasteiger partial charge in [0, 0.05) is 50.6 Å². The second kappa shape index (κ2) is 10.1. The Labute approximate surface area is 160 Å². The van der Waals surface area contributed by atoms with Gasteiger partial charge in [0.1, 0.15) is 17.5 Å². The van der Waals surface area contributed by atoms with Gasteiger partial charge in [-0.15, -0.1) is 0 Å². The van der Waals surface area contributed by atoms with Gasteiger partial charge in [-0.25, -0.2) is 9.97 Å². The fraction of sp³-hybridized carbons (Fsp3) is 0.286. The Morgan fingerprint density at radius 3 is 2.44 bits per heavy atom. The molecule has 0 atom stereocenters. The Hall–Kier alpha value is -3.15. The van der Waals surface area contributed by atoms with Crippen molar-refractivity contribution in [3.8, 4) is 0 Å². The van der Waals surface area contributed by atoms with E-state index >= 15 is 0 Å². The van der Waals surface area contributed by atoms with Crippen molar-refractivity contribution in [1.82, 2.24) is 9.97 Å². The van der Waals surface area contributed by atoms with Crippen LogP contribution in [0.3, 0.4) is 0 Å². The highest BCUT2D eigenvalue weighted by Gasteiger charge is 2.01. The van der Waals surface area contributed by atoms with Crippen LogP contribution in [0.4, 0.5) is 17.5 Å². The molecular formula is C21H26N6. The van der Waals surface area contributed by atoms with E-state index in [0.717, 1.165) is 61.2 Å².